The van der Waals surface area contributed by atoms with E-state index in [-0.39, 0.29) is 18.2 Å². The maximum Gasteiger partial charge on any atom is 0.252 e. The van der Waals surface area contributed by atoms with Crippen LogP contribution in [0.1, 0.15) is 10.4 Å². The van der Waals surface area contributed by atoms with Crippen molar-refractivity contribution in [3.63, 3.8) is 0 Å². The molecule has 5 heteroatoms. The molecule has 2 aromatic carbocycles. The predicted molar refractivity (Wildman–Crippen MR) is 86.3 cm³/mol. The molecule has 3 rings (SSSR count). The number of hydrazone groups is 1. The SMILES string of the molecule is O=C(CN/N=C/c1ccc(O)cc1)n1ccc2ccccc21. The summed E-state index contributed by atoms with van der Waals surface area (Å²) >= 11 is 0. The lowest BCUT2D eigenvalue weighted by molar-refractivity contribution is 0.0918. The van der Waals surface area contributed by atoms with Crippen molar-refractivity contribution < 1.29 is 9.90 Å². The summed E-state index contributed by atoms with van der Waals surface area (Å²) in [7, 11) is 0. The summed E-state index contributed by atoms with van der Waals surface area (Å²) in [5, 5.41) is 14.2. The summed E-state index contributed by atoms with van der Waals surface area (Å²) in [5.41, 5.74) is 4.46. The number of phenolic OH excluding ortho intramolecular Hbond substituents is 1. The highest BCUT2D eigenvalue weighted by molar-refractivity contribution is 5.93. The van der Waals surface area contributed by atoms with Crippen molar-refractivity contribution in [1.82, 2.24) is 9.99 Å². The van der Waals surface area contributed by atoms with Gasteiger partial charge in [-0.3, -0.25) is 9.36 Å². The van der Waals surface area contributed by atoms with Crippen LogP contribution in [0.25, 0.3) is 10.9 Å². The zero-order valence-electron chi connectivity index (χ0n) is 11.8. The summed E-state index contributed by atoms with van der Waals surface area (Å²) in [6, 6.07) is 16.3. The fourth-order valence-corrected chi connectivity index (χ4v) is 2.18. The Morgan fingerprint density at radius 3 is 2.73 bits per heavy atom. The monoisotopic (exact) mass is 293 g/mol. The highest BCUT2D eigenvalue weighted by Crippen LogP contribution is 2.14. The Hall–Kier alpha value is -3.08. The number of benzene rings is 2. The second-order valence-electron chi connectivity index (χ2n) is 4.82. The Labute approximate surface area is 127 Å². The van der Waals surface area contributed by atoms with Crippen LogP contribution in [0.4, 0.5) is 0 Å². The molecular weight excluding hydrogens is 278 g/mol. The van der Waals surface area contributed by atoms with E-state index < -0.39 is 0 Å². The van der Waals surface area contributed by atoms with Gasteiger partial charge >= 0.3 is 0 Å². The van der Waals surface area contributed by atoms with Crippen molar-refractivity contribution >= 4 is 23.0 Å². The van der Waals surface area contributed by atoms with Crippen LogP contribution < -0.4 is 5.43 Å². The number of nitrogens with one attached hydrogen (secondary N) is 1. The van der Waals surface area contributed by atoms with Gasteiger partial charge in [-0.05, 0) is 42.0 Å². The molecule has 0 saturated carbocycles. The fraction of sp³-hybridized carbons (Fsp3) is 0.0588. The molecule has 1 heterocycles. The van der Waals surface area contributed by atoms with Gasteiger partial charge in [0.15, 0.2) is 0 Å². The largest absolute Gasteiger partial charge is 0.508 e. The van der Waals surface area contributed by atoms with E-state index >= 15 is 0 Å². The van der Waals surface area contributed by atoms with E-state index in [0.29, 0.717) is 0 Å². The molecule has 3 aromatic rings. The number of aromatic hydroxyl groups is 1. The van der Waals surface area contributed by atoms with Crippen molar-refractivity contribution in [2.24, 2.45) is 5.10 Å². The van der Waals surface area contributed by atoms with Gasteiger partial charge in [-0.1, -0.05) is 18.2 Å². The first kappa shape index (κ1) is 13.9. The van der Waals surface area contributed by atoms with Gasteiger partial charge in [0, 0.05) is 11.6 Å². The van der Waals surface area contributed by atoms with E-state index in [1.165, 1.54) is 0 Å². The van der Waals surface area contributed by atoms with Crippen LogP contribution >= 0.6 is 0 Å². The molecule has 0 amide bonds. The molecule has 0 saturated heterocycles. The van der Waals surface area contributed by atoms with Crippen LogP contribution in [0, 0.1) is 0 Å². The van der Waals surface area contributed by atoms with Crippen molar-refractivity contribution in [3.8, 4) is 5.75 Å². The lowest BCUT2D eigenvalue weighted by Crippen LogP contribution is -2.23. The van der Waals surface area contributed by atoms with Crippen molar-refractivity contribution in [3.05, 3.63) is 66.4 Å². The minimum atomic E-state index is -0.0796. The molecule has 5 nitrogen and oxygen atoms in total. The van der Waals surface area contributed by atoms with Gasteiger partial charge in [-0.2, -0.15) is 5.10 Å². The van der Waals surface area contributed by atoms with Crippen molar-refractivity contribution in [1.29, 1.82) is 0 Å². The molecule has 0 aliphatic heterocycles. The van der Waals surface area contributed by atoms with Gasteiger partial charge < -0.3 is 10.5 Å². The first-order chi connectivity index (χ1) is 10.7. The molecule has 1 aromatic heterocycles. The van der Waals surface area contributed by atoms with Crippen molar-refractivity contribution in [2.75, 3.05) is 6.54 Å². The lowest BCUT2D eigenvalue weighted by Gasteiger charge is -2.03. The van der Waals surface area contributed by atoms with Crippen molar-refractivity contribution in [2.45, 2.75) is 0 Å². The molecule has 2 N–H and O–H groups in total. The van der Waals surface area contributed by atoms with Gasteiger partial charge in [0.1, 0.15) is 12.3 Å². The molecule has 110 valence electrons. The Balaban J connectivity index is 1.62. The first-order valence-corrected chi connectivity index (χ1v) is 6.88. The lowest BCUT2D eigenvalue weighted by atomic mass is 10.2. The van der Waals surface area contributed by atoms with E-state index in [9.17, 15) is 9.90 Å². The molecule has 0 aliphatic rings. The molecule has 0 bridgehead atoms. The second-order valence-corrected chi connectivity index (χ2v) is 4.82. The number of hydrogen-bond acceptors (Lipinski definition) is 4. The van der Waals surface area contributed by atoms with E-state index in [4.69, 9.17) is 0 Å². The zero-order chi connectivity index (χ0) is 15.4. The number of carbonyl (C=O) groups excluding carboxylic acids is 1. The predicted octanol–water partition coefficient (Wildman–Crippen LogP) is 2.61. The van der Waals surface area contributed by atoms with Crippen LogP contribution in [0.15, 0.2) is 65.9 Å². The van der Waals surface area contributed by atoms with E-state index in [1.807, 2.05) is 30.3 Å². The van der Waals surface area contributed by atoms with Gasteiger partial charge in [0.05, 0.1) is 11.7 Å². The van der Waals surface area contributed by atoms with Gasteiger partial charge in [0.2, 0.25) is 0 Å². The number of nitrogens with zero attached hydrogens (tertiary/aromatic N) is 2. The summed E-state index contributed by atoms with van der Waals surface area (Å²) in [6.07, 6.45) is 3.36. The normalized spacial score (nSPS) is 11.1. The molecular formula is C17H15N3O2. The zero-order valence-corrected chi connectivity index (χ0v) is 11.8. The Kier molecular flexibility index (Phi) is 3.87. The summed E-state index contributed by atoms with van der Waals surface area (Å²) < 4.78 is 1.61. The Bertz CT molecular complexity index is 819. The number of fused-ring (bicyclic) bond motifs is 1. The number of para-hydroxylation sites is 1. The van der Waals surface area contributed by atoms with E-state index in [1.54, 1.807) is 41.2 Å². The number of phenols is 1. The third-order valence-corrected chi connectivity index (χ3v) is 3.30. The highest BCUT2D eigenvalue weighted by atomic mass is 16.3. The van der Waals surface area contributed by atoms with Crippen LogP contribution in [0.3, 0.4) is 0 Å². The highest BCUT2D eigenvalue weighted by Gasteiger charge is 2.07. The number of rotatable bonds is 4. The molecule has 0 unspecified atom stereocenters. The third-order valence-electron chi connectivity index (χ3n) is 3.30. The smallest absolute Gasteiger partial charge is 0.252 e. The van der Waals surface area contributed by atoms with Gasteiger partial charge in [-0.15, -0.1) is 0 Å². The molecule has 22 heavy (non-hydrogen) atoms. The summed E-state index contributed by atoms with van der Waals surface area (Å²) in [5.74, 6) is 0.129. The van der Waals surface area contributed by atoms with E-state index in [2.05, 4.69) is 10.5 Å². The van der Waals surface area contributed by atoms with Crippen LogP contribution in [0.2, 0.25) is 0 Å². The van der Waals surface area contributed by atoms with Crippen LogP contribution in [-0.2, 0) is 0 Å². The number of carbonyl (C=O) groups is 1. The quantitative estimate of drug-likeness (QED) is 0.574. The van der Waals surface area contributed by atoms with Crippen LogP contribution in [0.5, 0.6) is 5.75 Å². The standard InChI is InChI=1S/C17H15N3O2/c21-15-7-5-13(6-8-15)11-18-19-12-17(22)20-10-9-14-3-1-2-4-16(14)20/h1-11,19,21H,12H2/b18-11+. The molecule has 0 aliphatic carbocycles. The Morgan fingerprint density at radius 2 is 1.91 bits per heavy atom. The third kappa shape index (κ3) is 2.98. The van der Waals surface area contributed by atoms with Gasteiger partial charge in [-0.25, -0.2) is 0 Å². The fourth-order valence-electron chi connectivity index (χ4n) is 2.18. The number of hydrogen-bond donors (Lipinski definition) is 2. The van der Waals surface area contributed by atoms with Gasteiger partial charge in [0.25, 0.3) is 5.91 Å². The number of aromatic nitrogens is 1. The Morgan fingerprint density at radius 1 is 1.14 bits per heavy atom. The molecule has 0 radical (unpaired) electrons. The van der Waals surface area contributed by atoms with Crippen LogP contribution in [-0.4, -0.2) is 28.3 Å². The van der Waals surface area contributed by atoms with E-state index in [0.717, 1.165) is 16.5 Å². The first-order valence-electron chi connectivity index (χ1n) is 6.88. The topological polar surface area (TPSA) is 66.6 Å². The summed E-state index contributed by atoms with van der Waals surface area (Å²) in [6.45, 7) is 0.104. The maximum atomic E-state index is 12.2. The summed E-state index contributed by atoms with van der Waals surface area (Å²) in [4.78, 5) is 12.2. The molecule has 0 spiro atoms. The average molecular weight is 293 g/mol. The second kappa shape index (κ2) is 6.13. The molecule has 0 fully saturated rings. The average Bonchev–Trinajstić information content (AvgIpc) is 2.97. The minimum absolute atomic E-state index is 0.0796. The maximum absolute atomic E-state index is 12.2. The minimum Gasteiger partial charge on any atom is -0.508 e. The molecule has 0 atom stereocenters.